The molecule has 8 heteroatoms. The third-order valence-electron chi connectivity index (χ3n) is 4.21. The molecule has 0 saturated carbocycles. The van der Waals surface area contributed by atoms with E-state index < -0.39 is 28.1 Å². The van der Waals surface area contributed by atoms with E-state index in [-0.39, 0.29) is 17.7 Å². The lowest BCUT2D eigenvalue weighted by molar-refractivity contribution is 0.0525. The summed E-state index contributed by atoms with van der Waals surface area (Å²) in [6.07, 6.45) is 2.89. The van der Waals surface area contributed by atoms with Gasteiger partial charge in [0.15, 0.2) is 0 Å². The normalized spacial score (nSPS) is 15.2. The van der Waals surface area contributed by atoms with Gasteiger partial charge in [-0.15, -0.1) is 0 Å². The van der Waals surface area contributed by atoms with Gasteiger partial charge in [0.2, 0.25) is 5.43 Å². The molecule has 0 spiro atoms. The second kappa shape index (κ2) is 7.32. The predicted molar refractivity (Wildman–Crippen MR) is 102 cm³/mol. The summed E-state index contributed by atoms with van der Waals surface area (Å²) in [5.74, 6) is -1.70. The lowest BCUT2D eigenvalue weighted by Crippen LogP contribution is -2.22. The van der Waals surface area contributed by atoms with Gasteiger partial charge in [0.05, 0.1) is 17.7 Å². The fraction of sp³-hybridized carbons (Fsp3) is 0.211. The van der Waals surface area contributed by atoms with Gasteiger partial charge in [-0.2, -0.15) is 0 Å². The van der Waals surface area contributed by atoms with E-state index in [0.717, 1.165) is 0 Å². The van der Waals surface area contributed by atoms with Crippen LogP contribution in [0, 0.1) is 4.78 Å². The van der Waals surface area contributed by atoms with Crippen LogP contribution in [-0.2, 0) is 22.0 Å². The molecule has 0 amide bonds. The van der Waals surface area contributed by atoms with Gasteiger partial charge in [0.1, 0.15) is 10.6 Å². The van der Waals surface area contributed by atoms with Crippen molar-refractivity contribution in [3.05, 3.63) is 62.9 Å². The Morgan fingerprint density at radius 1 is 1.22 bits per heavy atom. The molecule has 0 bridgehead atoms. The number of carbonyl (C=O) groups is 2. The summed E-state index contributed by atoms with van der Waals surface area (Å²) in [6.45, 7) is 4.30. The Morgan fingerprint density at radius 2 is 1.89 bits per heavy atom. The quantitative estimate of drug-likeness (QED) is 0.768. The summed E-state index contributed by atoms with van der Waals surface area (Å²) in [6, 6.07) is 6.64. The number of ether oxygens (including phenoxy) is 1. The van der Waals surface area contributed by atoms with Crippen molar-refractivity contribution in [2.75, 3.05) is 6.61 Å². The van der Waals surface area contributed by atoms with Gasteiger partial charge < -0.3 is 14.4 Å². The van der Waals surface area contributed by atoms with Crippen molar-refractivity contribution in [2.24, 2.45) is 0 Å². The molecule has 1 aromatic heterocycles. The Morgan fingerprint density at radius 3 is 2.44 bits per heavy atom. The van der Waals surface area contributed by atoms with Crippen LogP contribution in [0.4, 0.5) is 0 Å². The van der Waals surface area contributed by atoms with Crippen molar-refractivity contribution in [3.63, 3.8) is 0 Å². The monoisotopic (exact) mass is 386 g/mol. The van der Waals surface area contributed by atoms with Crippen molar-refractivity contribution in [1.82, 2.24) is 4.57 Å². The van der Waals surface area contributed by atoms with Crippen LogP contribution >= 0.6 is 0 Å². The molecule has 2 aromatic rings. The standard InChI is InChI=1S/C19H18N2O5S/c1-3-21-10-14(18(23)24)16(22)13-9-15(27(20)17(13)21)11-5-7-12(8-6-11)19(25)26-4-2/h5-10,20H,3-4H2,1-2H3,(H,23,24). The number of fused-ring (bicyclic) bond motifs is 1. The smallest absolute Gasteiger partial charge is 0.341 e. The van der Waals surface area contributed by atoms with E-state index in [2.05, 4.69) is 0 Å². The molecule has 7 nitrogen and oxygen atoms in total. The number of hydrogen-bond donors (Lipinski definition) is 2. The maximum Gasteiger partial charge on any atom is 0.341 e. The lowest BCUT2D eigenvalue weighted by Gasteiger charge is -2.13. The number of carboxylic acids is 1. The maximum absolute atomic E-state index is 12.5. The third-order valence-corrected chi connectivity index (χ3v) is 5.84. The summed E-state index contributed by atoms with van der Waals surface area (Å²) >= 11 is 0. The molecule has 1 aliphatic heterocycles. The molecule has 0 aliphatic carbocycles. The Balaban J connectivity index is 2.07. The minimum absolute atomic E-state index is 0.250. The molecule has 3 rings (SSSR count). The number of pyridine rings is 1. The first kappa shape index (κ1) is 18.8. The highest BCUT2D eigenvalue weighted by molar-refractivity contribution is 7.96. The van der Waals surface area contributed by atoms with Crippen LogP contribution in [0.25, 0.3) is 11.0 Å². The molecule has 1 unspecified atom stereocenters. The Hall–Kier alpha value is -3.00. The van der Waals surface area contributed by atoms with E-state index in [1.807, 2.05) is 6.92 Å². The molecule has 2 heterocycles. The predicted octanol–water partition coefficient (Wildman–Crippen LogP) is 2.99. The third kappa shape index (κ3) is 3.23. The van der Waals surface area contributed by atoms with Crippen LogP contribution in [0.15, 0.2) is 40.3 Å². The molecule has 1 atom stereocenters. The first-order chi connectivity index (χ1) is 12.9. The van der Waals surface area contributed by atoms with E-state index in [1.165, 1.54) is 6.20 Å². The molecule has 1 aliphatic rings. The van der Waals surface area contributed by atoms with Gasteiger partial charge in [-0.05, 0) is 48.3 Å². The van der Waals surface area contributed by atoms with Gasteiger partial charge >= 0.3 is 11.9 Å². The second-order valence-corrected chi connectivity index (χ2v) is 7.23. The SMILES string of the molecule is CCOC(=O)c1ccc(C2=Cc3c(n(CC)cc(C(=O)O)c3=O)S2=N)cc1. The molecule has 0 fully saturated rings. The molecule has 140 valence electrons. The topological polar surface area (TPSA) is 109 Å². The molecular weight excluding hydrogens is 368 g/mol. The number of benzene rings is 1. The number of nitrogens with zero attached hydrogens (tertiary/aromatic N) is 1. The van der Waals surface area contributed by atoms with E-state index in [4.69, 9.17) is 9.52 Å². The maximum atomic E-state index is 12.5. The zero-order valence-electron chi connectivity index (χ0n) is 14.8. The molecule has 0 radical (unpaired) electrons. The van der Waals surface area contributed by atoms with E-state index in [0.29, 0.717) is 27.6 Å². The fourth-order valence-electron chi connectivity index (χ4n) is 2.89. The first-order valence-corrected chi connectivity index (χ1v) is 9.57. The number of hydrogen-bond acceptors (Lipinski definition) is 5. The Kier molecular flexibility index (Phi) is 5.09. The zero-order valence-corrected chi connectivity index (χ0v) is 15.6. The van der Waals surface area contributed by atoms with Gasteiger partial charge in [0, 0.05) is 17.6 Å². The van der Waals surface area contributed by atoms with Crippen molar-refractivity contribution < 1.29 is 19.4 Å². The minimum atomic E-state index is -1.28. The average Bonchev–Trinajstić information content (AvgIpc) is 3.00. The number of aromatic carboxylic acids is 1. The van der Waals surface area contributed by atoms with E-state index in [9.17, 15) is 19.5 Å². The zero-order chi connectivity index (χ0) is 19.7. The highest BCUT2D eigenvalue weighted by Gasteiger charge is 2.27. The summed E-state index contributed by atoms with van der Waals surface area (Å²) in [5, 5.41) is 9.78. The van der Waals surface area contributed by atoms with Gasteiger partial charge in [-0.1, -0.05) is 12.1 Å². The van der Waals surface area contributed by atoms with Crippen LogP contribution in [0.1, 0.15) is 45.7 Å². The van der Waals surface area contributed by atoms with Crippen LogP contribution in [-0.4, -0.2) is 28.2 Å². The van der Waals surface area contributed by atoms with Crippen molar-refractivity contribution >= 4 is 33.6 Å². The van der Waals surface area contributed by atoms with Crippen LogP contribution in [0.3, 0.4) is 0 Å². The van der Waals surface area contributed by atoms with Crippen LogP contribution in [0.5, 0.6) is 0 Å². The van der Waals surface area contributed by atoms with Crippen molar-refractivity contribution in [3.8, 4) is 0 Å². The largest absolute Gasteiger partial charge is 0.477 e. The lowest BCUT2D eigenvalue weighted by atomic mass is 10.1. The number of carbonyl (C=O) groups excluding carboxylic acids is 1. The Bertz CT molecular complexity index is 1050. The number of aryl methyl sites for hydroxylation is 1. The van der Waals surface area contributed by atoms with Crippen LogP contribution < -0.4 is 5.43 Å². The molecule has 2 N–H and O–H groups in total. The van der Waals surface area contributed by atoms with E-state index in [1.54, 1.807) is 41.8 Å². The molecular formula is C19H18N2O5S. The van der Waals surface area contributed by atoms with Crippen molar-refractivity contribution in [1.29, 1.82) is 4.78 Å². The highest BCUT2D eigenvalue weighted by Crippen LogP contribution is 2.35. The average molecular weight is 386 g/mol. The Labute approximate surface area is 157 Å². The summed E-state index contributed by atoms with van der Waals surface area (Å²) in [4.78, 5) is 36.3. The van der Waals surface area contributed by atoms with Crippen molar-refractivity contribution in [2.45, 2.75) is 25.4 Å². The number of aromatic nitrogens is 1. The molecule has 27 heavy (non-hydrogen) atoms. The first-order valence-electron chi connectivity index (χ1n) is 8.34. The number of nitrogens with one attached hydrogen (secondary N) is 1. The van der Waals surface area contributed by atoms with Gasteiger partial charge in [0.25, 0.3) is 0 Å². The fourth-order valence-corrected chi connectivity index (χ4v) is 4.50. The summed E-state index contributed by atoms with van der Waals surface area (Å²) in [7, 11) is -1.14. The van der Waals surface area contributed by atoms with Crippen LogP contribution in [0.2, 0.25) is 0 Å². The number of carboxylic acid groups (broad SMARTS) is 1. The highest BCUT2D eigenvalue weighted by atomic mass is 32.2. The van der Waals surface area contributed by atoms with Gasteiger partial charge in [-0.25, -0.2) is 9.59 Å². The summed E-state index contributed by atoms with van der Waals surface area (Å²) < 4.78 is 15.2. The second-order valence-electron chi connectivity index (χ2n) is 5.79. The minimum Gasteiger partial charge on any atom is -0.477 e. The van der Waals surface area contributed by atoms with E-state index >= 15 is 0 Å². The molecule has 0 saturated heterocycles. The summed E-state index contributed by atoms with van der Waals surface area (Å²) in [5.41, 5.74) is 0.479. The number of esters is 1. The van der Waals surface area contributed by atoms with Gasteiger partial charge in [-0.3, -0.25) is 9.57 Å². The number of rotatable bonds is 5. The molecule has 1 aromatic carbocycles.